The predicted octanol–water partition coefficient (Wildman–Crippen LogP) is 0.523. The summed E-state index contributed by atoms with van der Waals surface area (Å²) in [6.45, 7) is 3.13. The van der Waals surface area contributed by atoms with Crippen LogP contribution >= 0.6 is 0 Å². The number of sulfonamides is 1. The highest BCUT2D eigenvalue weighted by Crippen LogP contribution is 2.34. The zero-order valence-electron chi connectivity index (χ0n) is 17.8. The second-order valence-electron chi connectivity index (χ2n) is 8.00. The van der Waals surface area contributed by atoms with Crippen LogP contribution in [0.4, 0.5) is 5.69 Å². The summed E-state index contributed by atoms with van der Waals surface area (Å²) in [6.07, 6.45) is 2.41. The van der Waals surface area contributed by atoms with Crippen LogP contribution < -0.4 is 10.8 Å². The molecule has 2 aliphatic heterocycles. The van der Waals surface area contributed by atoms with Gasteiger partial charge in [-0.1, -0.05) is 6.07 Å². The van der Waals surface area contributed by atoms with Crippen LogP contribution in [0.1, 0.15) is 18.4 Å². The van der Waals surface area contributed by atoms with Crippen LogP contribution in [-0.4, -0.2) is 74.3 Å². The maximum Gasteiger partial charge on any atom is 0.270 e. The number of hydrogen-bond acceptors (Lipinski definition) is 8. The average molecular weight is 454 g/mol. The Balaban J connectivity index is 1.68. The molecule has 0 aromatic heterocycles. The van der Waals surface area contributed by atoms with E-state index in [1.54, 1.807) is 13.0 Å². The molecule has 170 valence electrons. The Kier molecular flexibility index (Phi) is 6.65. The number of nitro benzene ring substituents is 1. The molecule has 1 amide bonds. The molecule has 1 aromatic carbocycles. The van der Waals surface area contributed by atoms with Gasteiger partial charge in [-0.25, -0.2) is 8.42 Å². The quantitative estimate of drug-likeness (QED) is 0.451. The Morgan fingerprint density at radius 3 is 2.65 bits per heavy atom. The first-order valence-corrected chi connectivity index (χ1v) is 11.3. The van der Waals surface area contributed by atoms with Crippen molar-refractivity contribution in [3.8, 4) is 0 Å². The van der Waals surface area contributed by atoms with Gasteiger partial charge in [-0.3, -0.25) is 25.2 Å². The molecule has 0 atom stereocenters. The fourth-order valence-electron chi connectivity index (χ4n) is 3.55. The number of rotatable bonds is 7. The van der Waals surface area contributed by atoms with Gasteiger partial charge < -0.3 is 10.2 Å². The Morgan fingerprint density at radius 2 is 2.03 bits per heavy atom. The summed E-state index contributed by atoms with van der Waals surface area (Å²) in [4.78, 5) is 30.3. The number of non-ortho nitro benzene ring substituents is 1. The van der Waals surface area contributed by atoms with Crippen LogP contribution in [0.2, 0.25) is 0 Å². The van der Waals surface area contributed by atoms with Gasteiger partial charge in [0.15, 0.2) is 0 Å². The van der Waals surface area contributed by atoms with E-state index in [0.29, 0.717) is 37.2 Å². The predicted molar refractivity (Wildman–Crippen MR) is 112 cm³/mol. The number of carbonyl (C=O) groups excluding carboxylic acids is 1. The molecule has 0 radical (unpaired) electrons. The molecule has 11 nitrogen and oxygen atoms in total. The largest absolute Gasteiger partial charge is 0.349 e. The number of amides is 1. The van der Waals surface area contributed by atoms with E-state index in [-0.39, 0.29) is 29.6 Å². The zero-order chi connectivity index (χ0) is 22.8. The fraction of sp³-hybridized carbons (Fsp3) is 0.526. The second-order valence-corrected chi connectivity index (χ2v) is 9.90. The molecule has 3 rings (SSSR count). The third-order valence-electron chi connectivity index (χ3n) is 5.43. The molecule has 31 heavy (non-hydrogen) atoms. The summed E-state index contributed by atoms with van der Waals surface area (Å²) in [5.74, 6) is -0.277. The molecule has 1 spiro atoms. The topological polar surface area (TPSA) is 134 Å². The average Bonchev–Trinajstić information content (AvgIpc) is 3.11. The maximum absolute atomic E-state index is 13.1. The molecule has 0 saturated carbocycles. The lowest BCUT2D eigenvalue weighted by molar-refractivity contribution is -0.385. The number of hydroxylamine groups is 1. The summed E-state index contributed by atoms with van der Waals surface area (Å²) in [7, 11) is -0.0746. The van der Waals surface area contributed by atoms with Crippen LogP contribution in [0.15, 0.2) is 34.9 Å². The Labute approximate surface area is 181 Å². The van der Waals surface area contributed by atoms with Gasteiger partial charge in [0, 0.05) is 38.3 Å². The molecule has 2 N–H and O–H groups in total. The third kappa shape index (κ3) is 5.03. The monoisotopic (exact) mass is 453 g/mol. The van der Waals surface area contributed by atoms with Gasteiger partial charge in [0.1, 0.15) is 11.3 Å². The van der Waals surface area contributed by atoms with Gasteiger partial charge in [0.2, 0.25) is 10.0 Å². The minimum atomic E-state index is -3.90. The Morgan fingerprint density at radius 1 is 1.35 bits per heavy atom. The van der Waals surface area contributed by atoms with Crippen LogP contribution in [0.3, 0.4) is 0 Å². The second kappa shape index (κ2) is 8.91. The summed E-state index contributed by atoms with van der Waals surface area (Å²) in [6, 6.07) is 3.82. The first-order chi connectivity index (χ1) is 14.5. The minimum absolute atomic E-state index is 0.0698. The summed E-state index contributed by atoms with van der Waals surface area (Å²) < 4.78 is 27.5. The molecule has 2 aliphatic rings. The third-order valence-corrected chi connectivity index (χ3v) is 7.47. The van der Waals surface area contributed by atoms with Crippen molar-refractivity contribution in [1.29, 1.82) is 0 Å². The van der Waals surface area contributed by atoms with E-state index in [9.17, 15) is 23.3 Å². The van der Waals surface area contributed by atoms with Crippen LogP contribution in [-0.2, 0) is 19.7 Å². The smallest absolute Gasteiger partial charge is 0.270 e. The number of nitro groups is 1. The molecule has 0 unspecified atom stereocenters. The van der Waals surface area contributed by atoms with Crippen LogP contribution in [0.5, 0.6) is 0 Å². The van der Waals surface area contributed by atoms with Gasteiger partial charge in [-0.15, -0.1) is 0 Å². The summed E-state index contributed by atoms with van der Waals surface area (Å²) in [5.41, 5.74) is 2.38. The molecular formula is C19H27N5O6S. The van der Waals surface area contributed by atoms with Crippen molar-refractivity contribution < 1.29 is 23.0 Å². The number of nitrogens with one attached hydrogen (secondary N) is 2. The van der Waals surface area contributed by atoms with Gasteiger partial charge in [-0.2, -0.15) is 4.31 Å². The number of benzene rings is 1. The SMILES string of the molecule is Cc1ccc([N+](=O)[O-])cc1S(=O)(=O)N1CCC2(C=C(C(=O)NCCN(C)C)NO2)CC1. The van der Waals surface area contributed by atoms with E-state index < -0.39 is 20.5 Å². The van der Waals surface area contributed by atoms with E-state index in [4.69, 9.17) is 4.84 Å². The highest BCUT2D eigenvalue weighted by atomic mass is 32.2. The van der Waals surface area contributed by atoms with Crippen LogP contribution in [0, 0.1) is 17.0 Å². The number of hydrogen-bond donors (Lipinski definition) is 2. The number of piperidine rings is 1. The lowest BCUT2D eigenvalue weighted by atomic mass is 9.92. The summed E-state index contributed by atoms with van der Waals surface area (Å²) >= 11 is 0. The number of carbonyl (C=O) groups is 1. The van der Waals surface area contributed by atoms with Crippen molar-refractivity contribution in [2.75, 3.05) is 40.3 Å². The molecule has 1 fully saturated rings. The number of likely N-dealkylation sites (N-methyl/N-ethyl adjacent to an activating group) is 1. The van der Waals surface area contributed by atoms with E-state index in [1.807, 2.05) is 19.0 Å². The minimum Gasteiger partial charge on any atom is -0.349 e. The number of aryl methyl sites for hydroxylation is 1. The van der Waals surface area contributed by atoms with Gasteiger partial charge in [-0.05, 0) is 45.5 Å². The van der Waals surface area contributed by atoms with Crippen molar-refractivity contribution in [3.63, 3.8) is 0 Å². The van der Waals surface area contributed by atoms with Gasteiger partial charge >= 0.3 is 0 Å². The van der Waals surface area contributed by atoms with Gasteiger partial charge in [0.05, 0.1) is 9.82 Å². The van der Waals surface area contributed by atoms with E-state index in [2.05, 4.69) is 10.8 Å². The maximum atomic E-state index is 13.1. The highest BCUT2D eigenvalue weighted by Gasteiger charge is 2.43. The van der Waals surface area contributed by atoms with Crippen molar-refractivity contribution in [2.45, 2.75) is 30.3 Å². The highest BCUT2D eigenvalue weighted by molar-refractivity contribution is 7.89. The van der Waals surface area contributed by atoms with Gasteiger partial charge in [0.25, 0.3) is 11.6 Å². The lowest BCUT2D eigenvalue weighted by Gasteiger charge is -2.36. The van der Waals surface area contributed by atoms with Crippen molar-refractivity contribution in [1.82, 2.24) is 20.0 Å². The van der Waals surface area contributed by atoms with E-state index in [1.165, 1.54) is 16.4 Å². The molecule has 2 heterocycles. The molecule has 1 aromatic rings. The molecule has 0 aliphatic carbocycles. The zero-order valence-corrected chi connectivity index (χ0v) is 18.6. The molecule has 0 bridgehead atoms. The van der Waals surface area contributed by atoms with Crippen molar-refractivity contribution in [2.24, 2.45) is 0 Å². The molecular weight excluding hydrogens is 426 g/mol. The first-order valence-electron chi connectivity index (χ1n) is 9.89. The van der Waals surface area contributed by atoms with E-state index >= 15 is 0 Å². The summed E-state index contributed by atoms with van der Waals surface area (Å²) in [5, 5.41) is 13.9. The van der Waals surface area contributed by atoms with Crippen LogP contribution in [0.25, 0.3) is 0 Å². The molecule has 12 heteroatoms. The number of nitrogens with zero attached hydrogens (tertiary/aromatic N) is 3. The molecule has 1 saturated heterocycles. The fourth-order valence-corrected chi connectivity index (χ4v) is 5.24. The lowest BCUT2D eigenvalue weighted by Crippen LogP contribution is -2.46. The first kappa shape index (κ1) is 23.1. The van der Waals surface area contributed by atoms with E-state index in [0.717, 1.165) is 6.07 Å². The van der Waals surface area contributed by atoms with Crippen molar-refractivity contribution >= 4 is 21.6 Å². The standard InChI is InChI=1S/C19H27N5O6S/c1-14-4-5-15(24(26)27)12-17(14)31(28,29)23-9-6-19(7-10-23)13-16(21-30-19)18(25)20-8-11-22(2)3/h4-5,12-13,21H,6-11H2,1-3H3,(H,20,25). The normalized spacial score (nSPS) is 18.6. The Hall–Kier alpha value is -2.54. The Bertz CT molecular complexity index is 999. The van der Waals surface area contributed by atoms with Crippen molar-refractivity contribution in [3.05, 3.63) is 45.6 Å².